The molecule has 4 nitrogen and oxygen atoms in total. The number of hydrogen-bond donors (Lipinski definition) is 1. The SMILES string of the molecule is CCN(CC)c1ccc2c(c1)Oc1ccc(N(Cc3ccccc3)Cc3ccccc3)cc1C2(O)c1ccccc1. The second kappa shape index (κ2) is 11.5. The Morgan fingerprint density at radius 2 is 1.10 bits per heavy atom. The molecule has 1 unspecified atom stereocenters. The van der Waals surface area contributed by atoms with Gasteiger partial charge in [0.25, 0.3) is 0 Å². The molecule has 0 saturated heterocycles. The highest BCUT2D eigenvalue weighted by Gasteiger charge is 2.42. The lowest BCUT2D eigenvalue weighted by Crippen LogP contribution is -2.33. The van der Waals surface area contributed by atoms with Gasteiger partial charge >= 0.3 is 0 Å². The van der Waals surface area contributed by atoms with Gasteiger partial charge in [-0.1, -0.05) is 91.0 Å². The fourth-order valence-corrected chi connectivity index (χ4v) is 5.87. The van der Waals surface area contributed by atoms with Gasteiger partial charge in [0.1, 0.15) is 17.1 Å². The molecule has 5 aromatic carbocycles. The fraction of sp³-hybridized carbons (Fsp3) is 0.189. The third-order valence-electron chi connectivity index (χ3n) is 8.05. The topological polar surface area (TPSA) is 35.9 Å². The zero-order valence-corrected chi connectivity index (χ0v) is 23.7. The van der Waals surface area contributed by atoms with Crippen molar-refractivity contribution in [3.05, 3.63) is 155 Å². The number of hydrogen-bond acceptors (Lipinski definition) is 4. The first-order valence-corrected chi connectivity index (χ1v) is 14.4. The van der Waals surface area contributed by atoms with E-state index < -0.39 is 5.60 Å². The van der Waals surface area contributed by atoms with Gasteiger partial charge in [-0.25, -0.2) is 0 Å². The van der Waals surface area contributed by atoms with E-state index in [4.69, 9.17) is 4.74 Å². The van der Waals surface area contributed by atoms with Gasteiger partial charge in [-0.3, -0.25) is 0 Å². The van der Waals surface area contributed by atoms with Gasteiger partial charge in [-0.15, -0.1) is 0 Å². The second-order valence-corrected chi connectivity index (χ2v) is 10.5. The quantitative estimate of drug-likeness (QED) is 0.205. The van der Waals surface area contributed by atoms with E-state index in [1.807, 2.05) is 54.6 Å². The maximum Gasteiger partial charge on any atom is 0.147 e. The van der Waals surface area contributed by atoms with Crippen molar-refractivity contribution >= 4 is 11.4 Å². The summed E-state index contributed by atoms with van der Waals surface area (Å²) in [6.45, 7) is 7.58. The first-order valence-electron chi connectivity index (χ1n) is 14.4. The van der Waals surface area contributed by atoms with Gasteiger partial charge in [0.05, 0.1) is 0 Å². The van der Waals surface area contributed by atoms with Crippen molar-refractivity contribution in [2.75, 3.05) is 22.9 Å². The van der Waals surface area contributed by atoms with Crippen LogP contribution in [-0.2, 0) is 18.7 Å². The largest absolute Gasteiger partial charge is 0.456 e. The van der Waals surface area contributed by atoms with Crippen molar-refractivity contribution in [3.63, 3.8) is 0 Å². The standard InChI is InChI=1S/C37H36N2O2/c1-3-38(4-2)32-20-22-33-36(25-32)41-35-23-21-31(24-34(35)37(33,40)30-18-12-7-13-19-30)39(26-28-14-8-5-9-15-28)27-29-16-10-6-11-17-29/h5-25,40H,3-4,26-27H2,1-2H3. The van der Waals surface area contributed by atoms with Gasteiger partial charge in [0.15, 0.2) is 0 Å². The van der Waals surface area contributed by atoms with Crippen LogP contribution in [0.3, 0.4) is 0 Å². The molecular weight excluding hydrogens is 504 g/mol. The zero-order chi connectivity index (χ0) is 28.2. The van der Waals surface area contributed by atoms with Crippen molar-refractivity contribution in [2.24, 2.45) is 0 Å². The molecule has 4 heteroatoms. The van der Waals surface area contributed by atoms with Crippen molar-refractivity contribution in [1.29, 1.82) is 0 Å². The number of nitrogens with zero attached hydrogens (tertiary/aromatic N) is 2. The van der Waals surface area contributed by atoms with E-state index in [9.17, 15) is 5.11 Å². The average Bonchev–Trinajstić information content (AvgIpc) is 3.03. The summed E-state index contributed by atoms with van der Waals surface area (Å²) in [6, 6.07) is 43.4. The molecule has 0 aliphatic carbocycles. The van der Waals surface area contributed by atoms with Crippen LogP contribution in [0.4, 0.5) is 11.4 Å². The third-order valence-corrected chi connectivity index (χ3v) is 8.05. The highest BCUT2D eigenvalue weighted by molar-refractivity contribution is 5.68. The van der Waals surface area contributed by atoms with E-state index in [1.54, 1.807) is 0 Å². The van der Waals surface area contributed by atoms with Gasteiger partial charge in [0, 0.05) is 54.7 Å². The van der Waals surface area contributed by atoms with Crippen LogP contribution in [0.15, 0.2) is 127 Å². The minimum absolute atomic E-state index is 0.670. The summed E-state index contributed by atoms with van der Waals surface area (Å²) in [5.74, 6) is 1.36. The normalized spacial score (nSPS) is 15.4. The summed E-state index contributed by atoms with van der Waals surface area (Å²) in [5, 5.41) is 12.8. The molecule has 5 aromatic rings. The number of aliphatic hydroxyl groups is 1. The van der Waals surface area contributed by atoms with Crippen LogP contribution in [0.1, 0.15) is 41.7 Å². The smallest absolute Gasteiger partial charge is 0.147 e. The Morgan fingerprint density at radius 3 is 1.68 bits per heavy atom. The molecule has 1 N–H and O–H groups in total. The van der Waals surface area contributed by atoms with Crippen molar-refractivity contribution in [2.45, 2.75) is 32.5 Å². The molecule has 6 rings (SSSR count). The van der Waals surface area contributed by atoms with Crippen LogP contribution in [0.25, 0.3) is 0 Å². The lowest BCUT2D eigenvalue weighted by Gasteiger charge is -2.38. The second-order valence-electron chi connectivity index (χ2n) is 10.5. The Labute approximate surface area is 243 Å². The highest BCUT2D eigenvalue weighted by Crippen LogP contribution is 2.52. The molecular formula is C37H36N2O2. The Bertz CT molecular complexity index is 1560. The van der Waals surface area contributed by atoms with Crippen molar-refractivity contribution in [1.82, 2.24) is 0 Å². The predicted molar refractivity (Wildman–Crippen MR) is 168 cm³/mol. The number of benzene rings is 5. The molecule has 0 spiro atoms. The molecule has 0 bridgehead atoms. The summed E-state index contributed by atoms with van der Waals surface area (Å²) in [4.78, 5) is 4.64. The molecule has 0 saturated carbocycles. The van der Waals surface area contributed by atoms with Gasteiger partial charge < -0.3 is 19.6 Å². The van der Waals surface area contributed by atoms with E-state index in [-0.39, 0.29) is 0 Å². The average molecular weight is 541 g/mol. The number of ether oxygens (including phenoxy) is 1. The number of anilines is 2. The molecule has 41 heavy (non-hydrogen) atoms. The highest BCUT2D eigenvalue weighted by atomic mass is 16.5. The van der Waals surface area contributed by atoms with Crippen LogP contribution < -0.4 is 14.5 Å². The minimum atomic E-state index is -1.37. The predicted octanol–water partition coefficient (Wildman–Crippen LogP) is 8.13. The molecule has 0 radical (unpaired) electrons. The Kier molecular flexibility index (Phi) is 7.49. The van der Waals surface area contributed by atoms with E-state index in [1.165, 1.54) is 11.1 Å². The minimum Gasteiger partial charge on any atom is -0.456 e. The maximum absolute atomic E-state index is 12.8. The third kappa shape index (κ3) is 5.19. The van der Waals surface area contributed by atoms with Crippen LogP contribution in [0.2, 0.25) is 0 Å². The molecule has 0 amide bonds. The summed E-state index contributed by atoms with van der Waals surface area (Å²) >= 11 is 0. The number of fused-ring (bicyclic) bond motifs is 2. The maximum atomic E-state index is 12.8. The van der Waals surface area contributed by atoms with E-state index in [0.29, 0.717) is 11.5 Å². The first-order chi connectivity index (χ1) is 20.1. The summed E-state index contributed by atoms with van der Waals surface area (Å²) in [6.07, 6.45) is 0. The molecule has 1 aliphatic heterocycles. The van der Waals surface area contributed by atoms with Crippen molar-refractivity contribution < 1.29 is 9.84 Å². The van der Waals surface area contributed by atoms with Crippen molar-refractivity contribution in [3.8, 4) is 11.5 Å². The monoisotopic (exact) mass is 540 g/mol. The molecule has 1 aliphatic rings. The van der Waals surface area contributed by atoms with E-state index in [2.05, 4.69) is 96.4 Å². The lowest BCUT2D eigenvalue weighted by molar-refractivity contribution is 0.113. The van der Waals surface area contributed by atoms with Gasteiger partial charge in [-0.2, -0.15) is 0 Å². The Morgan fingerprint density at radius 1 is 0.561 bits per heavy atom. The Balaban J connectivity index is 1.48. The van der Waals surface area contributed by atoms with Gasteiger partial charge in [-0.05, 0) is 60.9 Å². The number of rotatable bonds is 9. The Hall–Kier alpha value is -4.54. The zero-order valence-electron chi connectivity index (χ0n) is 23.7. The van der Waals surface area contributed by atoms with Crippen LogP contribution in [0.5, 0.6) is 11.5 Å². The van der Waals surface area contributed by atoms with Crippen LogP contribution in [0, 0.1) is 0 Å². The van der Waals surface area contributed by atoms with Gasteiger partial charge in [0.2, 0.25) is 0 Å². The fourth-order valence-electron chi connectivity index (χ4n) is 5.87. The summed E-state index contributed by atoms with van der Waals surface area (Å²) in [7, 11) is 0. The molecule has 1 heterocycles. The summed E-state index contributed by atoms with van der Waals surface area (Å²) < 4.78 is 6.54. The molecule has 206 valence electrons. The summed E-state index contributed by atoms with van der Waals surface area (Å²) in [5.41, 5.74) is 5.51. The molecule has 0 fully saturated rings. The first kappa shape index (κ1) is 26.7. The lowest BCUT2D eigenvalue weighted by atomic mass is 9.78. The molecule has 0 aromatic heterocycles. The van der Waals surface area contributed by atoms with E-state index >= 15 is 0 Å². The molecule has 1 atom stereocenters. The van der Waals surface area contributed by atoms with E-state index in [0.717, 1.165) is 54.2 Å². The van der Waals surface area contributed by atoms with Crippen LogP contribution >= 0.6 is 0 Å². The van der Waals surface area contributed by atoms with Crippen LogP contribution in [-0.4, -0.2) is 18.2 Å².